The molecule has 0 bridgehead atoms. The topological polar surface area (TPSA) is 42.3 Å². The lowest BCUT2D eigenvalue weighted by Gasteiger charge is -2.29. The van der Waals surface area contributed by atoms with Gasteiger partial charge in [0, 0.05) is 32.2 Å². The predicted molar refractivity (Wildman–Crippen MR) is 93.9 cm³/mol. The Morgan fingerprint density at radius 3 is 2.83 bits per heavy atom. The highest BCUT2D eigenvalue weighted by molar-refractivity contribution is 5.50. The van der Waals surface area contributed by atoms with E-state index in [1.54, 1.807) is 5.57 Å². The van der Waals surface area contributed by atoms with Crippen LogP contribution in [0.3, 0.4) is 0 Å². The lowest BCUT2D eigenvalue weighted by Crippen LogP contribution is -2.38. The maximum absolute atomic E-state index is 5.48. The largest absolute Gasteiger partial charge is 0.378 e. The number of nitrogens with zero attached hydrogens (tertiary/aromatic N) is 3. The van der Waals surface area contributed by atoms with Crippen LogP contribution in [-0.2, 0) is 18.3 Å². The van der Waals surface area contributed by atoms with Crippen molar-refractivity contribution in [1.29, 1.82) is 0 Å². The monoisotopic (exact) mass is 318 g/mol. The maximum atomic E-state index is 5.48. The molecule has 0 atom stereocenters. The molecule has 128 valence electrons. The second kappa shape index (κ2) is 7.97. The van der Waals surface area contributed by atoms with Gasteiger partial charge < -0.3 is 15.0 Å². The molecule has 2 aliphatic rings. The van der Waals surface area contributed by atoms with Crippen LogP contribution >= 0.6 is 0 Å². The van der Waals surface area contributed by atoms with Gasteiger partial charge in [0.25, 0.3) is 0 Å². The van der Waals surface area contributed by atoms with Crippen LogP contribution in [0, 0.1) is 6.92 Å². The van der Waals surface area contributed by atoms with Crippen molar-refractivity contribution in [3.05, 3.63) is 22.9 Å². The molecule has 23 heavy (non-hydrogen) atoms. The van der Waals surface area contributed by atoms with E-state index in [1.165, 1.54) is 43.5 Å². The maximum Gasteiger partial charge on any atom is 0.131 e. The Morgan fingerprint density at radius 1 is 1.26 bits per heavy atom. The third-order valence-corrected chi connectivity index (χ3v) is 4.93. The number of hydrogen-bond acceptors (Lipinski definition) is 4. The van der Waals surface area contributed by atoms with Crippen molar-refractivity contribution < 1.29 is 4.74 Å². The minimum Gasteiger partial charge on any atom is -0.378 e. The van der Waals surface area contributed by atoms with E-state index in [0.29, 0.717) is 0 Å². The van der Waals surface area contributed by atoms with E-state index in [2.05, 4.69) is 28.3 Å². The summed E-state index contributed by atoms with van der Waals surface area (Å²) in [7, 11) is 2.05. The summed E-state index contributed by atoms with van der Waals surface area (Å²) in [5, 5.41) is 8.27. The number of hydrogen-bond donors (Lipinski definition) is 1. The van der Waals surface area contributed by atoms with Gasteiger partial charge in [-0.1, -0.05) is 11.6 Å². The zero-order valence-corrected chi connectivity index (χ0v) is 14.6. The third-order valence-electron chi connectivity index (χ3n) is 4.93. The van der Waals surface area contributed by atoms with Crippen LogP contribution in [0.1, 0.15) is 43.4 Å². The smallest absolute Gasteiger partial charge is 0.131 e. The summed E-state index contributed by atoms with van der Waals surface area (Å²) < 4.78 is 7.51. The number of allylic oxidation sites excluding steroid dienone is 1. The van der Waals surface area contributed by atoms with Gasteiger partial charge in [-0.25, -0.2) is 0 Å². The summed E-state index contributed by atoms with van der Waals surface area (Å²) >= 11 is 0. The van der Waals surface area contributed by atoms with E-state index < -0.39 is 0 Å². The number of ether oxygens (including phenoxy) is 1. The van der Waals surface area contributed by atoms with Gasteiger partial charge in [0.1, 0.15) is 5.82 Å². The zero-order chi connectivity index (χ0) is 16.1. The molecule has 3 rings (SSSR count). The number of rotatable bonds is 6. The number of aromatic nitrogens is 2. The number of anilines is 1. The van der Waals surface area contributed by atoms with Crippen LogP contribution in [0.15, 0.2) is 11.6 Å². The molecule has 0 unspecified atom stereocenters. The molecule has 0 aromatic carbocycles. The van der Waals surface area contributed by atoms with Crippen LogP contribution < -0.4 is 10.2 Å². The van der Waals surface area contributed by atoms with E-state index in [1.807, 2.05) is 11.7 Å². The molecule has 1 saturated heterocycles. The van der Waals surface area contributed by atoms with Crippen molar-refractivity contribution in [2.24, 2.45) is 7.05 Å². The first kappa shape index (κ1) is 16.5. The molecule has 1 fully saturated rings. The Hall–Kier alpha value is -1.33. The second-order valence-electron chi connectivity index (χ2n) is 6.65. The van der Waals surface area contributed by atoms with Crippen LogP contribution in [0.5, 0.6) is 0 Å². The molecule has 0 spiro atoms. The fourth-order valence-electron chi connectivity index (χ4n) is 3.66. The number of aryl methyl sites for hydroxylation is 2. The molecule has 1 aliphatic carbocycles. The van der Waals surface area contributed by atoms with Gasteiger partial charge in [0.2, 0.25) is 0 Å². The first-order valence-corrected chi connectivity index (χ1v) is 8.99. The van der Waals surface area contributed by atoms with Crippen molar-refractivity contribution in [3.63, 3.8) is 0 Å². The number of nitrogens with one attached hydrogen (secondary N) is 1. The van der Waals surface area contributed by atoms with E-state index >= 15 is 0 Å². The summed E-state index contributed by atoms with van der Waals surface area (Å²) in [5.74, 6) is 1.26. The van der Waals surface area contributed by atoms with Crippen LogP contribution in [-0.4, -0.2) is 42.6 Å². The first-order chi connectivity index (χ1) is 11.3. The summed E-state index contributed by atoms with van der Waals surface area (Å²) in [6, 6.07) is 0. The van der Waals surface area contributed by atoms with Crippen molar-refractivity contribution >= 4 is 5.82 Å². The van der Waals surface area contributed by atoms with Gasteiger partial charge in [-0.2, -0.15) is 5.10 Å². The Bertz CT molecular complexity index is 543. The van der Waals surface area contributed by atoms with Crippen molar-refractivity contribution in [2.45, 2.75) is 45.6 Å². The lowest BCUT2D eigenvalue weighted by atomic mass is 9.97. The average molecular weight is 318 g/mol. The molecule has 1 N–H and O–H groups in total. The fourth-order valence-corrected chi connectivity index (χ4v) is 3.66. The van der Waals surface area contributed by atoms with Crippen LogP contribution in [0.25, 0.3) is 0 Å². The normalized spacial score (nSPS) is 19.0. The summed E-state index contributed by atoms with van der Waals surface area (Å²) in [4.78, 5) is 2.41. The molecule has 5 heteroatoms. The van der Waals surface area contributed by atoms with Gasteiger partial charge in [0.15, 0.2) is 0 Å². The standard InChI is InChI=1S/C18H30N4O/c1-15-17(14-19-9-8-16-6-4-3-5-7-16)18(21(2)20-15)22-10-12-23-13-11-22/h6,19H,3-5,7-14H2,1-2H3. The molecular formula is C18H30N4O. The molecular weight excluding hydrogens is 288 g/mol. The highest BCUT2D eigenvalue weighted by Crippen LogP contribution is 2.24. The molecule has 0 amide bonds. The first-order valence-electron chi connectivity index (χ1n) is 8.99. The Balaban J connectivity index is 1.57. The predicted octanol–water partition coefficient (Wildman–Crippen LogP) is 2.55. The van der Waals surface area contributed by atoms with Crippen molar-refractivity contribution in [3.8, 4) is 0 Å². The van der Waals surface area contributed by atoms with Gasteiger partial charge in [-0.05, 0) is 45.6 Å². The fraction of sp³-hybridized carbons (Fsp3) is 0.722. The Morgan fingerprint density at radius 2 is 2.09 bits per heavy atom. The minimum atomic E-state index is 0.811. The second-order valence-corrected chi connectivity index (χ2v) is 6.65. The Kier molecular flexibility index (Phi) is 5.73. The number of morpholine rings is 1. The molecule has 0 radical (unpaired) electrons. The van der Waals surface area contributed by atoms with Crippen LogP contribution in [0.2, 0.25) is 0 Å². The van der Waals surface area contributed by atoms with E-state index in [-0.39, 0.29) is 0 Å². The summed E-state index contributed by atoms with van der Waals surface area (Å²) in [5.41, 5.74) is 4.12. The molecule has 1 aliphatic heterocycles. The third kappa shape index (κ3) is 4.15. The van der Waals surface area contributed by atoms with E-state index in [9.17, 15) is 0 Å². The summed E-state index contributed by atoms with van der Waals surface area (Å²) in [6.07, 6.45) is 8.94. The SMILES string of the molecule is Cc1nn(C)c(N2CCOCC2)c1CNCCC1=CCCCC1. The molecule has 1 aromatic rings. The molecule has 1 aromatic heterocycles. The van der Waals surface area contributed by atoms with Crippen molar-refractivity contribution in [2.75, 3.05) is 37.7 Å². The quantitative estimate of drug-likeness (QED) is 0.646. The molecule has 2 heterocycles. The highest BCUT2D eigenvalue weighted by Gasteiger charge is 2.20. The molecule has 5 nitrogen and oxygen atoms in total. The van der Waals surface area contributed by atoms with E-state index in [4.69, 9.17) is 4.74 Å². The lowest BCUT2D eigenvalue weighted by molar-refractivity contribution is 0.122. The van der Waals surface area contributed by atoms with Gasteiger partial charge in [-0.15, -0.1) is 0 Å². The van der Waals surface area contributed by atoms with E-state index in [0.717, 1.165) is 45.1 Å². The van der Waals surface area contributed by atoms with Gasteiger partial charge in [-0.3, -0.25) is 4.68 Å². The summed E-state index contributed by atoms with van der Waals surface area (Å²) in [6.45, 7) is 7.61. The van der Waals surface area contributed by atoms with Crippen LogP contribution in [0.4, 0.5) is 5.82 Å². The zero-order valence-electron chi connectivity index (χ0n) is 14.6. The van der Waals surface area contributed by atoms with Gasteiger partial charge in [0.05, 0.1) is 18.9 Å². The molecule has 0 saturated carbocycles. The van der Waals surface area contributed by atoms with Crippen molar-refractivity contribution in [1.82, 2.24) is 15.1 Å². The van der Waals surface area contributed by atoms with Gasteiger partial charge >= 0.3 is 0 Å². The Labute approximate surface area is 139 Å². The minimum absolute atomic E-state index is 0.811. The average Bonchev–Trinajstić information content (AvgIpc) is 2.87. The highest BCUT2D eigenvalue weighted by atomic mass is 16.5.